The third-order valence-corrected chi connectivity index (χ3v) is 4.98. The van der Waals surface area contributed by atoms with Crippen molar-refractivity contribution in [1.29, 1.82) is 0 Å². The van der Waals surface area contributed by atoms with Crippen LogP contribution in [0.4, 0.5) is 0 Å². The van der Waals surface area contributed by atoms with Crippen LogP contribution in [-0.4, -0.2) is 36.6 Å². The molecule has 0 radical (unpaired) electrons. The Morgan fingerprint density at radius 3 is 2.71 bits per heavy atom. The van der Waals surface area contributed by atoms with Crippen LogP contribution in [0.2, 0.25) is 0 Å². The molecular formula is C13H23N3S. The van der Waals surface area contributed by atoms with Gasteiger partial charge in [0.1, 0.15) is 5.01 Å². The Kier molecular flexibility index (Phi) is 3.57. The van der Waals surface area contributed by atoms with Gasteiger partial charge in [-0.15, -0.1) is 11.3 Å². The zero-order valence-corrected chi connectivity index (χ0v) is 12.3. The normalized spacial score (nSPS) is 30.4. The van der Waals surface area contributed by atoms with Crippen molar-refractivity contribution in [2.24, 2.45) is 0 Å². The highest BCUT2D eigenvalue weighted by Gasteiger charge is 2.43. The zero-order chi connectivity index (χ0) is 12.6. The van der Waals surface area contributed by atoms with Crippen LogP contribution >= 0.6 is 11.3 Å². The average Bonchev–Trinajstić information content (AvgIpc) is 2.86. The van der Waals surface area contributed by atoms with E-state index in [-0.39, 0.29) is 5.54 Å². The molecule has 2 heterocycles. The quantitative estimate of drug-likeness (QED) is 0.896. The van der Waals surface area contributed by atoms with Crippen molar-refractivity contribution in [3.63, 3.8) is 0 Å². The Labute approximate surface area is 108 Å². The molecule has 1 N–H and O–H groups in total. The summed E-state index contributed by atoms with van der Waals surface area (Å²) in [6.07, 6.45) is 1.14. The second-order valence-corrected chi connectivity index (χ2v) is 6.39. The summed E-state index contributed by atoms with van der Waals surface area (Å²) < 4.78 is 0. The lowest BCUT2D eigenvalue weighted by Crippen LogP contribution is -2.42. The second-order valence-electron chi connectivity index (χ2n) is 5.53. The van der Waals surface area contributed by atoms with Crippen molar-refractivity contribution in [1.82, 2.24) is 15.2 Å². The van der Waals surface area contributed by atoms with E-state index in [4.69, 9.17) is 4.98 Å². The summed E-state index contributed by atoms with van der Waals surface area (Å²) in [4.78, 5) is 7.24. The Balaban J connectivity index is 2.29. The van der Waals surface area contributed by atoms with Gasteiger partial charge in [0.25, 0.3) is 0 Å². The first-order chi connectivity index (χ1) is 7.98. The molecular weight excluding hydrogens is 230 g/mol. The predicted molar refractivity (Wildman–Crippen MR) is 73.6 cm³/mol. The number of aromatic nitrogens is 1. The highest BCUT2D eigenvalue weighted by molar-refractivity contribution is 7.09. The number of likely N-dealkylation sites (tertiary alicyclic amines) is 1. The third-order valence-electron chi connectivity index (χ3n) is 3.92. The summed E-state index contributed by atoms with van der Waals surface area (Å²) in [7, 11) is 4.25. The van der Waals surface area contributed by atoms with Crippen molar-refractivity contribution >= 4 is 11.3 Å². The number of rotatable bonds is 3. The molecule has 0 spiro atoms. The molecule has 17 heavy (non-hydrogen) atoms. The summed E-state index contributed by atoms with van der Waals surface area (Å²) in [6.45, 7) is 7.74. The van der Waals surface area contributed by atoms with Gasteiger partial charge in [-0.1, -0.05) is 13.8 Å². The van der Waals surface area contributed by atoms with E-state index in [9.17, 15) is 0 Å². The second kappa shape index (κ2) is 4.67. The molecule has 96 valence electrons. The van der Waals surface area contributed by atoms with Gasteiger partial charge in [0.05, 0.1) is 11.2 Å². The fraction of sp³-hybridized carbons (Fsp3) is 0.769. The number of thiazole rings is 1. The summed E-state index contributed by atoms with van der Waals surface area (Å²) in [5.41, 5.74) is 1.29. The van der Waals surface area contributed by atoms with Crippen LogP contribution < -0.4 is 5.32 Å². The molecule has 1 saturated heterocycles. The molecule has 0 saturated carbocycles. The molecule has 0 bridgehead atoms. The first-order valence-corrected chi connectivity index (χ1v) is 7.21. The van der Waals surface area contributed by atoms with Crippen LogP contribution in [0.3, 0.4) is 0 Å². The van der Waals surface area contributed by atoms with E-state index in [1.54, 1.807) is 11.3 Å². The van der Waals surface area contributed by atoms with Gasteiger partial charge in [0, 0.05) is 18.0 Å². The highest BCUT2D eigenvalue weighted by Crippen LogP contribution is 2.37. The van der Waals surface area contributed by atoms with Crippen LogP contribution in [0, 0.1) is 0 Å². The van der Waals surface area contributed by atoms with E-state index in [0.29, 0.717) is 12.0 Å². The van der Waals surface area contributed by atoms with Crippen LogP contribution in [0.5, 0.6) is 0 Å². The van der Waals surface area contributed by atoms with Crippen LogP contribution in [-0.2, 0) is 5.54 Å². The van der Waals surface area contributed by atoms with Gasteiger partial charge in [0.2, 0.25) is 0 Å². The first-order valence-electron chi connectivity index (χ1n) is 6.33. The van der Waals surface area contributed by atoms with Gasteiger partial charge in [-0.3, -0.25) is 0 Å². The molecule has 4 heteroatoms. The maximum atomic E-state index is 4.83. The average molecular weight is 253 g/mol. The number of hydrogen-bond acceptors (Lipinski definition) is 4. The fourth-order valence-corrected chi connectivity index (χ4v) is 3.71. The minimum atomic E-state index is 0.0615. The maximum absolute atomic E-state index is 4.83. The van der Waals surface area contributed by atoms with Gasteiger partial charge in [0.15, 0.2) is 0 Å². The molecule has 1 fully saturated rings. The lowest BCUT2D eigenvalue weighted by molar-refractivity contribution is 0.307. The van der Waals surface area contributed by atoms with Crippen molar-refractivity contribution in [2.45, 2.75) is 44.7 Å². The summed E-state index contributed by atoms with van der Waals surface area (Å²) in [6, 6.07) is 0.619. The van der Waals surface area contributed by atoms with Gasteiger partial charge in [-0.25, -0.2) is 4.98 Å². The molecule has 0 amide bonds. The van der Waals surface area contributed by atoms with Crippen molar-refractivity contribution < 1.29 is 0 Å². The van der Waals surface area contributed by atoms with E-state index in [2.05, 4.69) is 50.5 Å². The van der Waals surface area contributed by atoms with Crippen molar-refractivity contribution in [3.05, 3.63) is 16.1 Å². The Bertz CT molecular complexity index is 376. The molecule has 1 aliphatic heterocycles. The molecule has 1 aliphatic rings. The largest absolute Gasteiger partial charge is 0.307 e. The topological polar surface area (TPSA) is 28.2 Å². The van der Waals surface area contributed by atoms with E-state index in [1.165, 1.54) is 10.7 Å². The van der Waals surface area contributed by atoms with E-state index in [0.717, 1.165) is 13.0 Å². The summed E-state index contributed by atoms with van der Waals surface area (Å²) in [5, 5.41) is 6.97. The fourth-order valence-electron chi connectivity index (χ4n) is 2.52. The van der Waals surface area contributed by atoms with Crippen LogP contribution in [0.15, 0.2) is 5.38 Å². The zero-order valence-electron chi connectivity index (χ0n) is 11.4. The first kappa shape index (κ1) is 13.0. The number of nitrogens with zero attached hydrogens (tertiary/aromatic N) is 2. The van der Waals surface area contributed by atoms with Gasteiger partial charge >= 0.3 is 0 Å². The minimum absolute atomic E-state index is 0.0615. The van der Waals surface area contributed by atoms with E-state index in [1.807, 2.05) is 0 Å². The van der Waals surface area contributed by atoms with Crippen molar-refractivity contribution in [2.75, 3.05) is 20.6 Å². The standard InChI is InChI=1S/C13H23N3S/c1-9(2)11-7-17-12(15-11)13(14-4)6-10(3)16(5)8-13/h7,9-10,14H,6,8H2,1-5H3. The minimum Gasteiger partial charge on any atom is -0.307 e. The predicted octanol–water partition coefficient (Wildman–Crippen LogP) is 2.41. The third kappa shape index (κ3) is 2.26. The smallest absolute Gasteiger partial charge is 0.114 e. The number of likely N-dealkylation sites (N-methyl/N-ethyl adjacent to an activating group) is 2. The lowest BCUT2D eigenvalue weighted by atomic mass is 9.97. The molecule has 2 unspecified atom stereocenters. The molecule has 1 aromatic rings. The SMILES string of the molecule is CNC1(c2nc(C(C)C)cs2)CC(C)N(C)C1. The molecule has 2 rings (SSSR count). The van der Waals surface area contributed by atoms with Crippen LogP contribution in [0.25, 0.3) is 0 Å². The maximum Gasteiger partial charge on any atom is 0.114 e. The van der Waals surface area contributed by atoms with Gasteiger partial charge in [-0.05, 0) is 33.4 Å². The number of hydrogen-bond donors (Lipinski definition) is 1. The monoisotopic (exact) mass is 253 g/mol. The van der Waals surface area contributed by atoms with Crippen LogP contribution in [0.1, 0.15) is 43.8 Å². The summed E-state index contributed by atoms with van der Waals surface area (Å²) in [5.74, 6) is 0.519. The number of nitrogens with one attached hydrogen (secondary N) is 1. The Morgan fingerprint density at radius 1 is 1.59 bits per heavy atom. The molecule has 3 nitrogen and oxygen atoms in total. The molecule has 2 atom stereocenters. The van der Waals surface area contributed by atoms with Gasteiger partial charge in [-0.2, -0.15) is 0 Å². The highest BCUT2D eigenvalue weighted by atomic mass is 32.1. The Morgan fingerprint density at radius 2 is 2.29 bits per heavy atom. The van der Waals surface area contributed by atoms with Gasteiger partial charge < -0.3 is 10.2 Å². The molecule has 0 aliphatic carbocycles. The Hall–Kier alpha value is -0.450. The van der Waals surface area contributed by atoms with E-state index >= 15 is 0 Å². The van der Waals surface area contributed by atoms with Crippen molar-refractivity contribution in [3.8, 4) is 0 Å². The lowest BCUT2D eigenvalue weighted by Gasteiger charge is -2.26. The molecule has 1 aromatic heterocycles. The van der Waals surface area contributed by atoms with E-state index < -0.39 is 0 Å². The summed E-state index contributed by atoms with van der Waals surface area (Å²) >= 11 is 1.80. The molecule has 0 aromatic carbocycles.